The van der Waals surface area contributed by atoms with Crippen molar-refractivity contribution >= 4 is 7.85 Å². The van der Waals surface area contributed by atoms with Crippen LogP contribution in [-0.4, -0.2) is 12.8 Å². The molecule has 1 aromatic carbocycles. The molecule has 0 amide bonds. The first-order valence-corrected chi connectivity index (χ1v) is 4.92. The minimum absolute atomic E-state index is 1.06. The number of pyridine rings is 1. The minimum atomic E-state index is 1.06. The molecule has 0 bridgehead atoms. The molecule has 1 heterocycles. The van der Waals surface area contributed by atoms with Crippen LogP contribution in [0.4, 0.5) is 0 Å². The van der Waals surface area contributed by atoms with E-state index in [1.807, 2.05) is 37.4 Å². The number of benzene rings is 1. The lowest BCUT2D eigenvalue weighted by Crippen LogP contribution is -1.81. The molecule has 15 heavy (non-hydrogen) atoms. The number of nitrogens with zero attached hydrogens (tertiary/aromatic N) is 1. The Morgan fingerprint density at radius 3 is 2.07 bits per heavy atom. The zero-order valence-corrected chi connectivity index (χ0v) is 9.14. The molecule has 1 nitrogen and oxygen atoms in total. The average molecular weight is 195 g/mol. The molecule has 0 atom stereocenters. The molecular formula is C13H14BN. The second-order valence-corrected chi connectivity index (χ2v) is 3.05. The quantitative estimate of drug-likeness (QED) is 0.636. The van der Waals surface area contributed by atoms with E-state index in [-0.39, 0.29) is 0 Å². The molecule has 2 radical (unpaired) electrons. The Labute approximate surface area is 92.6 Å². The first kappa shape index (κ1) is 11.5. The van der Waals surface area contributed by atoms with E-state index in [1.165, 1.54) is 17.9 Å². The topological polar surface area (TPSA) is 12.9 Å². The maximum Gasteiger partial charge on any atom is 0.0606 e. The van der Waals surface area contributed by atoms with Crippen LogP contribution in [0.3, 0.4) is 0 Å². The highest BCUT2D eigenvalue weighted by Crippen LogP contribution is 2.17. The fraction of sp³-hybridized carbons (Fsp3) is 0.154. The Bertz CT molecular complexity index is 381. The molecule has 0 aliphatic carbocycles. The summed E-state index contributed by atoms with van der Waals surface area (Å²) in [6.45, 7) is 3.49. The van der Waals surface area contributed by atoms with E-state index in [9.17, 15) is 0 Å². The summed E-state index contributed by atoms with van der Waals surface area (Å²) >= 11 is 0. The average Bonchev–Trinajstić information content (AvgIpc) is 2.34. The number of aryl methyl sites for hydroxylation is 1. The van der Waals surface area contributed by atoms with Gasteiger partial charge in [-0.1, -0.05) is 43.2 Å². The highest BCUT2D eigenvalue weighted by Gasteiger charge is 1.94. The normalized spacial score (nSPS) is 8.93. The van der Waals surface area contributed by atoms with Crippen LogP contribution in [0, 0.1) is 6.92 Å². The molecule has 2 heteroatoms. The number of rotatable bonds is 1. The van der Waals surface area contributed by atoms with Gasteiger partial charge in [-0.2, -0.15) is 0 Å². The van der Waals surface area contributed by atoms with Crippen molar-refractivity contribution in [1.82, 2.24) is 4.98 Å². The summed E-state index contributed by atoms with van der Waals surface area (Å²) in [7, 11) is 4.50. The van der Waals surface area contributed by atoms with Crippen LogP contribution < -0.4 is 0 Å². The lowest BCUT2D eigenvalue weighted by atomic mass is 10.1. The molecule has 2 aromatic rings. The van der Waals surface area contributed by atoms with Crippen molar-refractivity contribution in [1.29, 1.82) is 0 Å². The molecule has 0 fully saturated rings. The Morgan fingerprint density at radius 1 is 0.867 bits per heavy atom. The van der Waals surface area contributed by atoms with Crippen LogP contribution in [0.25, 0.3) is 11.1 Å². The minimum Gasteiger partial charge on any atom is -0.261 e. The van der Waals surface area contributed by atoms with Crippen molar-refractivity contribution in [3.05, 3.63) is 54.4 Å². The van der Waals surface area contributed by atoms with Gasteiger partial charge in [-0.15, -0.1) is 0 Å². The van der Waals surface area contributed by atoms with Gasteiger partial charge in [0.15, 0.2) is 0 Å². The third kappa shape index (κ3) is 3.24. The van der Waals surface area contributed by atoms with Gasteiger partial charge in [0.25, 0.3) is 0 Å². The molecule has 2 rings (SSSR count). The molecule has 0 spiro atoms. The van der Waals surface area contributed by atoms with Gasteiger partial charge in [0.1, 0.15) is 0 Å². The highest BCUT2D eigenvalue weighted by atomic mass is 14.7. The summed E-state index contributed by atoms with van der Waals surface area (Å²) in [6, 6.07) is 14.4. The van der Waals surface area contributed by atoms with Crippen LogP contribution in [0.1, 0.15) is 5.69 Å². The molecule has 74 valence electrons. The van der Waals surface area contributed by atoms with E-state index in [0.29, 0.717) is 0 Å². The molecule has 1 aromatic heterocycles. The highest BCUT2D eigenvalue weighted by molar-refractivity contribution is 6.05. The largest absolute Gasteiger partial charge is 0.261 e. The zero-order valence-electron chi connectivity index (χ0n) is 9.14. The van der Waals surface area contributed by atoms with Gasteiger partial charge in [0, 0.05) is 17.5 Å². The Kier molecular flexibility index (Phi) is 4.62. The van der Waals surface area contributed by atoms with Crippen LogP contribution in [0.15, 0.2) is 48.7 Å². The fourth-order valence-electron chi connectivity index (χ4n) is 1.27. The molecule has 0 saturated heterocycles. The van der Waals surface area contributed by atoms with Crippen molar-refractivity contribution < 1.29 is 0 Å². The van der Waals surface area contributed by atoms with Crippen LogP contribution in [-0.2, 0) is 0 Å². The standard InChI is InChI=1S/C12H11N.CH3B/c1-10-7-8-12(9-13-10)11-5-3-2-4-6-11;1-2/h2-9H,1H3;1H3. The second-order valence-electron chi connectivity index (χ2n) is 3.05. The van der Waals surface area contributed by atoms with E-state index < -0.39 is 0 Å². The maximum absolute atomic E-state index is 4.50. The second kappa shape index (κ2) is 6.02. The van der Waals surface area contributed by atoms with E-state index in [0.717, 1.165) is 5.69 Å². The summed E-state index contributed by atoms with van der Waals surface area (Å²) in [5.41, 5.74) is 3.45. The first-order chi connectivity index (χ1) is 7.36. The Hall–Kier alpha value is -1.57. The lowest BCUT2D eigenvalue weighted by molar-refractivity contribution is 1.20. The molecule has 0 saturated carbocycles. The summed E-state index contributed by atoms with van der Waals surface area (Å²) < 4.78 is 0. The fourth-order valence-corrected chi connectivity index (χ4v) is 1.27. The summed E-state index contributed by atoms with van der Waals surface area (Å²) in [6.07, 6.45) is 1.91. The van der Waals surface area contributed by atoms with Gasteiger partial charge in [-0.25, -0.2) is 0 Å². The number of hydrogen-bond acceptors (Lipinski definition) is 1. The van der Waals surface area contributed by atoms with Gasteiger partial charge in [-0.05, 0) is 18.6 Å². The zero-order chi connectivity index (χ0) is 11.1. The van der Waals surface area contributed by atoms with Crippen LogP contribution >= 0.6 is 0 Å². The van der Waals surface area contributed by atoms with Gasteiger partial charge < -0.3 is 0 Å². The third-order valence-electron chi connectivity index (χ3n) is 2.02. The van der Waals surface area contributed by atoms with Crippen molar-refractivity contribution in [2.75, 3.05) is 0 Å². The molecule has 0 aliphatic rings. The van der Waals surface area contributed by atoms with Gasteiger partial charge >= 0.3 is 0 Å². The monoisotopic (exact) mass is 195 g/mol. The molecule has 0 N–H and O–H groups in total. The van der Waals surface area contributed by atoms with Crippen molar-refractivity contribution in [2.24, 2.45) is 0 Å². The Balaban J connectivity index is 0.000000531. The van der Waals surface area contributed by atoms with Gasteiger partial charge in [0.2, 0.25) is 0 Å². The smallest absolute Gasteiger partial charge is 0.0606 e. The predicted octanol–water partition coefficient (Wildman–Crippen LogP) is 3.26. The summed E-state index contributed by atoms with van der Waals surface area (Å²) in [5, 5.41) is 0. The maximum atomic E-state index is 4.50. The first-order valence-electron chi connectivity index (χ1n) is 4.92. The Morgan fingerprint density at radius 2 is 1.53 bits per heavy atom. The van der Waals surface area contributed by atoms with Crippen molar-refractivity contribution in [2.45, 2.75) is 13.7 Å². The van der Waals surface area contributed by atoms with E-state index in [4.69, 9.17) is 0 Å². The van der Waals surface area contributed by atoms with Crippen LogP contribution in [0.2, 0.25) is 6.82 Å². The predicted molar refractivity (Wildman–Crippen MR) is 66.0 cm³/mol. The lowest BCUT2D eigenvalue weighted by Gasteiger charge is -2.00. The van der Waals surface area contributed by atoms with Crippen LogP contribution in [0.5, 0.6) is 0 Å². The van der Waals surface area contributed by atoms with E-state index >= 15 is 0 Å². The summed E-state index contributed by atoms with van der Waals surface area (Å²) in [4.78, 5) is 4.26. The summed E-state index contributed by atoms with van der Waals surface area (Å²) in [5.74, 6) is 0. The third-order valence-corrected chi connectivity index (χ3v) is 2.02. The van der Waals surface area contributed by atoms with Crippen molar-refractivity contribution in [3.63, 3.8) is 0 Å². The number of hydrogen-bond donors (Lipinski definition) is 0. The van der Waals surface area contributed by atoms with Gasteiger partial charge in [-0.3, -0.25) is 4.98 Å². The molecular weight excluding hydrogens is 181 g/mol. The molecule has 0 aliphatic heterocycles. The number of aromatic nitrogens is 1. The van der Waals surface area contributed by atoms with Crippen molar-refractivity contribution in [3.8, 4) is 11.1 Å². The van der Waals surface area contributed by atoms with E-state index in [2.05, 4.69) is 31.0 Å². The molecule has 0 unspecified atom stereocenters. The van der Waals surface area contributed by atoms with E-state index in [1.54, 1.807) is 0 Å². The SMILES string of the molecule is Cc1ccc(-c2ccccc2)cn1.[B]C. The van der Waals surface area contributed by atoms with Gasteiger partial charge in [0.05, 0.1) is 7.85 Å².